The molecule has 3 heteroatoms. The topological polar surface area (TPSA) is 9.23 Å². The first kappa shape index (κ1) is 23.2. The van der Waals surface area contributed by atoms with Crippen molar-refractivity contribution in [3.8, 4) is 0 Å². The number of halogens is 2. The van der Waals surface area contributed by atoms with Crippen LogP contribution in [0.15, 0.2) is 12.2 Å². The summed E-state index contributed by atoms with van der Waals surface area (Å²) in [6.45, 7) is 5.48. The van der Waals surface area contributed by atoms with Crippen molar-refractivity contribution in [1.82, 2.24) is 0 Å². The van der Waals surface area contributed by atoms with Gasteiger partial charge in [-0.2, -0.15) is 8.78 Å². The Bertz CT molecular complexity index is 477. The zero-order chi connectivity index (χ0) is 20.6. The molecule has 1 heterocycles. The van der Waals surface area contributed by atoms with E-state index in [2.05, 4.69) is 13.8 Å². The Morgan fingerprint density at radius 3 is 1.97 bits per heavy atom. The van der Waals surface area contributed by atoms with Crippen molar-refractivity contribution in [1.29, 1.82) is 0 Å². The van der Waals surface area contributed by atoms with Gasteiger partial charge >= 0.3 is 0 Å². The predicted octanol–water partition coefficient (Wildman–Crippen LogP) is 8.39. The number of hydrogen-bond acceptors (Lipinski definition) is 1. The highest BCUT2D eigenvalue weighted by Crippen LogP contribution is 2.41. The number of ether oxygens (including phenoxy) is 1. The number of hydrogen-bond donors (Lipinski definition) is 0. The van der Waals surface area contributed by atoms with Crippen LogP contribution in [0.2, 0.25) is 0 Å². The standard InChI is InChI=1S/C26H44F2O/c1-3-4-19(2)22-11-7-20(8-12-22)5-6-21-9-13-23(14-10-21)24-15-16-25(29-18-24)17-26(27)28/h17,19-25H,3-16,18H2,1-2H3. The molecule has 1 saturated heterocycles. The Balaban J connectivity index is 1.29. The molecule has 0 N–H and O–H groups in total. The fourth-order valence-electron chi connectivity index (χ4n) is 6.59. The second-order valence-corrected chi connectivity index (χ2v) is 10.6. The van der Waals surface area contributed by atoms with Crippen molar-refractivity contribution in [3.05, 3.63) is 12.2 Å². The molecule has 3 atom stereocenters. The van der Waals surface area contributed by atoms with Gasteiger partial charge < -0.3 is 4.74 Å². The highest BCUT2D eigenvalue weighted by atomic mass is 19.3. The highest BCUT2D eigenvalue weighted by Gasteiger charge is 2.32. The SMILES string of the molecule is CCCC(C)C1CCC(CCC2CCC(C3CCC(C=C(F)F)OC3)CC2)CC1. The van der Waals surface area contributed by atoms with Gasteiger partial charge in [0.05, 0.1) is 12.7 Å². The average molecular weight is 411 g/mol. The molecule has 1 nitrogen and oxygen atoms in total. The van der Waals surface area contributed by atoms with Crippen LogP contribution in [0, 0.1) is 35.5 Å². The summed E-state index contributed by atoms with van der Waals surface area (Å²) in [4.78, 5) is 0. The van der Waals surface area contributed by atoms with Crippen LogP contribution in [-0.4, -0.2) is 12.7 Å². The monoisotopic (exact) mass is 410 g/mol. The molecular weight excluding hydrogens is 366 g/mol. The molecule has 3 unspecified atom stereocenters. The van der Waals surface area contributed by atoms with Crippen molar-refractivity contribution < 1.29 is 13.5 Å². The molecule has 2 aliphatic carbocycles. The third-order valence-electron chi connectivity index (χ3n) is 8.64. The van der Waals surface area contributed by atoms with E-state index in [1.807, 2.05) is 0 Å². The third kappa shape index (κ3) is 7.33. The van der Waals surface area contributed by atoms with Crippen molar-refractivity contribution in [2.75, 3.05) is 6.61 Å². The van der Waals surface area contributed by atoms with Crippen LogP contribution in [0.4, 0.5) is 8.78 Å². The van der Waals surface area contributed by atoms with Gasteiger partial charge in [0, 0.05) is 6.08 Å². The van der Waals surface area contributed by atoms with E-state index in [-0.39, 0.29) is 6.10 Å². The lowest BCUT2D eigenvalue weighted by Crippen LogP contribution is -2.32. The van der Waals surface area contributed by atoms with E-state index in [1.54, 1.807) is 0 Å². The molecule has 2 saturated carbocycles. The fraction of sp³-hybridized carbons (Fsp3) is 0.923. The molecule has 0 aromatic carbocycles. The Kier molecular flexibility index (Phi) is 9.47. The third-order valence-corrected chi connectivity index (χ3v) is 8.64. The molecule has 168 valence electrons. The second-order valence-electron chi connectivity index (χ2n) is 10.6. The molecule has 0 aromatic rings. The van der Waals surface area contributed by atoms with Gasteiger partial charge in [0.1, 0.15) is 0 Å². The minimum absolute atomic E-state index is 0.354. The summed E-state index contributed by atoms with van der Waals surface area (Å²) in [5.41, 5.74) is 0. The minimum atomic E-state index is -1.60. The predicted molar refractivity (Wildman–Crippen MR) is 117 cm³/mol. The van der Waals surface area contributed by atoms with Crippen LogP contribution < -0.4 is 0 Å². The number of rotatable bonds is 8. The van der Waals surface area contributed by atoms with E-state index in [4.69, 9.17) is 4.74 Å². The van der Waals surface area contributed by atoms with Crippen molar-refractivity contribution in [2.45, 2.75) is 110 Å². The molecule has 0 bridgehead atoms. The van der Waals surface area contributed by atoms with Gasteiger partial charge in [-0.05, 0) is 74.0 Å². The Morgan fingerprint density at radius 2 is 1.45 bits per heavy atom. The van der Waals surface area contributed by atoms with Gasteiger partial charge in [0.15, 0.2) is 0 Å². The van der Waals surface area contributed by atoms with Gasteiger partial charge in [-0.3, -0.25) is 0 Å². The van der Waals surface area contributed by atoms with Crippen molar-refractivity contribution >= 4 is 0 Å². The Labute approximate surface area is 178 Å². The van der Waals surface area contributed by atoms with Crippen LogP contribution in [0.1, 0.15) is 104 Å². The summed E-state index contributed by atoms with van der Waals surface area (Å²) in [5.74, 6) is 5.22. The Morgan fingerprint density at radius 1 is 0.862 bits per heavy atom. The molecule has 29 heavy (non-hydrogen) atoms. The molecule has 0 spiro atoms. The molecule has 3 fully saturated rings. The highest BCUT2D eigenvalue weighted by molar-refractivity contribution is 4.92. The molecule has 0 amide bonds. The molecule has 3 rings (SSSR count). The summed E-state index contributed by atoms with van der Waals surface area (Å²) in [7, 11) is 0. The van der Waals surface area contributed by atoms with Gasteiger partial charge in [-0.25, -0.2) is 0 Å². The molecule has 3 aliphatic rings. The molecule has 1 aliphatic heterocycles. The van der Waals surface area contributed by atoms with Crippen molar-refractivity contribution in [2.24, 2.45) is 35.5 Å². The first-order valence-corrected chi connectivity index (χ1v) is 12.7. The van der Waals surface area contributed by atoms with E-state index in [1.165, 1.54) is 77.0 Å². The molecular formula is C26H44F2O. The van der Waals surface area contributed by atoms with Gasteiger partial charge in [-0.15, -0.1) is 0 Å². The zero-order valence-corrected chi connectivity index (χ0v) is 18.9. The van der Waals surface area contributed by atoms with Gasteiger partial charge in [0.25, 0.3) is 6.08 Å². The van der Waals surface area contributed by atoms with Crippen LogP contribution in [0.25, 0.3) is 0 Å². The maximum atomic E-state index is 12.4. The van der Waals surface area contributed by atoms with Gasteiger partial charge in [-0.1, -0.05) is 65.2 Å². The van der Waals surface area contributed by atoms with Crippen LogP contribution in [0.5, 0.6) is 0 Å². The lowest BCUT2D eigenvalue weighted by Gasteiger charge is -2.38. The molecule has 0 radical (unpaired) electrons. The summed E-state index contributed by atoms with van der Waals surface area (Å²) in [5, 5.41) is 0. The van der Waals surface area contributed by atoms with Crippen LogP contribution >= 0.6 is 0 Å². The average Bonchev–Trinajstić information content (AvgIpc) is 2.73. The van der Waals surface area contributed by atoms with E-state index in [0.29, 0.717) is 12.5 Å². The van der Waals surface area contributed by atoms with Crippen molar-refractivity contribution in [3.63, 3.8) is 0 Å². The van der Waals surface area contributed by atoms with Gasteiger partial charge in [0.2, 0.25) is 0 Å². The first-order valence-electron chi connectivity index (χ1n) is 12.7. The lowest BCUT2D eigenvalue weighted by molar-refractivity contribution is -0.0184. The summed E-state index contributed by atoms with van der Waals surface area (Å²) >= 11 is 0. The fourth-order valence-corrected chi connectivity index (χ4v) is 6.59. The lowest BCUT2D eigenvalue weighted by atomic mass is 9.70. The van der Waals surface area contributed by atoms with Crippen LogP contribution in [0.3, 0.4) is 0 Å². The van der Waals surface area contributed by atoms with E-state index < -0.39 is 6.08 Å². The minimum Gasteiger partial charge on any atom is -0.374 e. The maximum absolute atomic E-state index is 12.4. The van der Waals surface area contributed by atoms with E-state index >= 15 is 0 Å². The zero-order valence-electron chi connectivity index (χ0n) is 18.9. The largest absolute Gasteiger partial charge is 0.374 e. The maximum Gasteiger partial charge on any atom is 0.268 e. The first-order chi connectivity index (χ1) is 14.0. The normalized spacial score (nSPS) is 37.1. The Hall–Kier alpha value is -0.440. The van der Waals surface area contributed by atoms with E-state index in [0.717, 1.165) is 48.5 Å². The smallest absolute Gasteiger partial charge is 0.268 e. The summed E-state index contributed by atoms with van der Waals surface area (Å²) < 4.78 is 30.5. The quantitative estimate of drug-likeness (QED) is 0.390. The van der Waals surface area contributed by atoms with E-state index in [9.17, 15) is 8.78 Å². The second kappa shape index (κ2) is 11.8. The summed E-state index contributed by atoms with van der Waals surface area (Å²) in [6.07, 6.45) is 17.8. The van der Waals surface area contributed by atoms with Crippen LogP contribution in [-0.2, 0) is 4.74 Å². The summed E-state index contributed by atoms with van der Waals surface area (Å²) in [6, 6.07) is 0. The molecule has 0 aromatic heterocycles.